The molecule has 0 radical (unpaired) electrons. The van der Waals surface area contributed by atoms with Crippen LogP contribution >= 0.6 is 11.3 Å². The molecule has 2 aromatic heterocycles. The van der Waals surface area contributed by atoms with E-state index < -0.39 is 5.97 Å². The van der Waals surface area contributed by atoms with Crippen molar-refractivity contribution in [3.8, 4) is 10.8 Å². The van der Waals surface area contributed by atoms with Gasteiger partial charge in [-0.25, -0.2) is 0 Å². The lowest BCUT2D eigenvalue weighted by atomic mass is 10.1. The second kappa shape index (κ2) is 5.72. The predicted octanol–water partition coefficient (Wildman–Crippen LogP) is 2.48. The van der Waals surface area contributed by atoms with E-state index in [-0.39, 0.29) is 12.1 Å². The number of thiophene rings is 1. The molecule has 0 atom stereocenters. The molecule has 0 amide bonds. The van der Waals surface area contributed by atoms with Crippen LogP contribution in [0.3, 0.4) is 0 Å². The molecule has 0 saturated heterocycles. The number of nitrogens with zero attached hydrogens (tertiary/aromatic N) is 3. The molecule has 0 aromatic carbocycles. The minimum atomic E-state index is -0.877. The van der Waals surface area contributed by atoms with Crippen molar-refractivity contribution in [2.75, 3.05) is 6.54 Å². The molecule has 20 heavy (non-hydrogen) atoms. The number of carbonyl (C=O) groups is 1. The normalized spacial score (nSPS) is 12.0. The first-order valence-corrected chi connectivity index (χ1v) is 7.07. The van der Waals surface area contributed by atoms with Gasteiger partial charge in [-0.2, -0.15) is 0 Å². The highest BCUT2D eigenvalue weighted by Gasteiger charge is 2.25. The van der Waals surface area contributed by atoms with Gasteiger partial charge < -0.3 is 9.52 Å². The molecule has 0 bridgehead atoms. The lowest BCUT2D eigenvalue weighted by molar-refractivity contribution is -0.140. The van der Waals surface area contributed by atoms with Crippen molar-refractivity contribution in [2.24, 2.45) is 0 Å². The maximum Gasteiger partial charge on any atom is 0.317 e. The number of carboxylic acid groups (broad SMARTS) is 1. The summed E-state index contributed by atoms with van der Waals surface area (Å²) in [6, 6.07) is 3.82. The van der Waals surface area contributed by atoms with E-state index in [1.165, 1.54) is 11.3 Å². The van der Waals surface area contributed by atoms with E-state index in [4.69, 9.17) is 9.52 Å². The summed E-state index contributed by atoms with van der Waals surface area (Å²) in [5.74, 6) is 0.0154. The second-order valence-corrected chi connectivity index (χ2v) is 6.35. The largest absolute Gasteiger partial charge is 0.480 e. The third kappa shape index (κ3) is 3.64. The Morgan fingerprint density at radius 2 is 2.20 bits per heavy atom. The third-order valence-corrected chi connectivity index (χ3v) is 3.66. The van der Waals surface area contributed by atoms with Crippen LogP contribution in [0.4, 0.5) is 0 Å². The number of aromatic nitrogens is 2. The van der Waals surface area contributed by atoms with Crippen molar-refractivity contribution in [3.05, 3.63) is 23.4 Å². The van der Waals surface area contributed by atoms with Crippen molar-refractivity contribution >= 4 is 17.3 Å². The van der Waals surface area contributed by atoms with Gasteiger partial charge in [-0.3, -0.25) is 9.69 Å². The molecule has 0 unspecified atom stereocenters. The van der Waals surface area contributed by atoms with Crippen LogP contribution in [0.15, 0.2) is 21.9 Å². The van der Waals surface area contributed by atoms with Gasteiger partial charge in [0.1, 0.15) is 0 Å². The average Bonchev–Trinajstić information content (AvgIpc) is 2.95. The molecule has 2 heterocycles. The summed E-state index contributed by atoms with van der Waals surface area (Å²) in [5.41, 5.74) is -0.296. The van der Waals surface area contributed by atoms with Crippen LogP contribution < -0.4 is 0 Å². The van der Waals surface area contributed by atoms with E-state index in [2.05, 4.69) is 10.2 Å². The second-order valence-electron chi connectivity index (χ2n) is 5.40. The maximum atomic E-state index is 10.9. The Balaban J connectivity index is 2.13. The Labute approximate surface area is 121 Å². The molecule has 0 aliphatic carbocycles. The number of hydrogen-bond donors (Lipinski definition) is 1. The van der Waals surface area contributed by atoms with Crippen LogP contribution in [0.2, 0.25) is 0 Å². The molecule has 1 N–H and O–H groups in total. The van der Waals surface area contributed by atoms with Crippen molar-refractivity contribution in [2.45, 2.75) is 32.9 Å². The van der Waals surface area contributed by atoms with E-state index in [9.17, 15) is 4.79 Å². The van der Waals surface area contributed by atoms with Crippen LogP contribution in [-0.2, 0) is 11.3 Å². The Hall–Kier alpha value is -1.73. The van der Waals surface area contributed by atoms with Gasteiger partial charge in [0.15, 0.2) is 0 Å². The standard InChI is InChI=1S/C13H17N3O3S/c1-13(2,3)16(8-11(17)18)7-10-14-15-12(19-10)9-5-4-6-20-9/h4-6H,7-8H2,1-3H3,(H,17,18). The maximum absolute atomic E-state index is 10.9. The highest BCUT2D eigenvalue weighted by Crippen LogP contribution is 2.24. The van der Waals surface area contributed by atoms with Crippen LogP contribution in [0.5, 0.6) is 0 Å². The summed E-state index contributed by atoms with van der Waals surface area (Å²) in [4.78, 5) is 13.6. The van der Waals surface area contributed by atoms with Crippen molar-refractivity contribution in [1.29, 1.82) is 0 Å². The smallest absolute Gasteiger partial charge is 0.317 e. The highest BCUT2D eigenvalue weighted by atomic mass is 32.1. The quantitative estimate of drug-likeness (QED) is 0.913. The zero-order valence-electron chi connectivity index (χ0n) is 11.7. The summed E-state index contributed by atoms with van der Waals surface area (Å²) in [6.07, 6.45) is 0. The Kier molecular flexibility index (Phi) is 4.20. The fourth-order valence-corrected chi connectivity index (χ4v) is 2.32. The fraction of sp³-hybridized carbons (Fsp3) is 0.462. The monoisotopic (exact) mass is 295 g/mol. The van der Waals surface area contributed by atoms with Crippen LogP contribution in [0.1, 0.15) is 26.7 Å². The number of rotatable bonds is 5. The molecule has 6 nitrogen and oxygen atoms in total. The fourth-order valence-electron chi connectivity index (χ4n) is 1.67. The first-order chi connectivity index (χ1) is 9.36. The van der Waals surface area contributed by atoms with Crippen molar-refractivity contribution in [1.82, 2.24) is 15.1 Å². The van der Waals surface area contributed by atoms with Crippen LogP contribution in [0.25, 0.3) is 10.8 Å². The van der Waals surface area contributed by atoms with E-state index in [1.807, 2.05) is 38.3 Å². The summed E-state index contributed by atoms with van der Waals surface area (Å²) in [5, 5.41) is 18.9. The first kappa shape index (κ1) is 14.7. The van der Waals surface area contributed by atoms with Gasteiger partial charge in [-0.15, -0.1) is 21.5 Å². The molecule has 0 fully saturated rings. The summed E-state index contributed by atoms with van der Waals surface area (Å²) >= 11 is 1.52. The Bertz CT molecular complexity index is 572. The summed E-state index contributed by atoms with van der Waals surface area (Å²) in [6.45, 7) is 6.10. The topological polar surface area (TPSA) is 79.5 Å². The predicted molar refractivity (Wildman–Crippen MR) is 75.4 cm³/mol. The van der Waals surface area contributed by atoms with Crippen molar-refractivity contribution < 1.29 is 14.3 Å². The number of aliphatic carboxylic acids is 1. The minimum absolute atomic E-state index is 0.0692. The SMILES string of the molecule is CC(C)(C)N(CC(=O)O)Cc1nnc(-c2cccs2)o1. The average molecular weight is 295 g/mol. The van der Waals surface area contributed by atoms with Crippen LogP contribution in [0, 0.1) is 0 Å². The molecule has 0 spiro atoms. The molecule has 2 aromatic rings. The number of hydrogen-bond acceptors (Lipinski definition) is 6. The van der Waals surface area contributed by atoms with Gasteiger partial charge in [0.05, 0.1) is 18.0 Å². The minimum Gasteiger partial charge on any atom is -0.480 e. The zero-order valence-corrected chi connectivity index (χ0v) is 12.5. The van der Waals surface area contributed by atoms with E-state index >= 15 is 0 Å². The Morgan fingerprint density at radius 3 is 2.75 bits per heavy atom. The van der Waals surface area contributed by atoms with Crippen LogP contribution in [-0.4, -0.2) is 38.3 Å². The van der Waals surface area contributed by atoms with Crippen molar-refractivity contribution in [3.63, 3.8) is 0 Å². The molecular formula is C13H17N3O3S. The van der Waals surface area contributed by atoms with Gasteiger partial charge in [-0.1, -0.05) is 6.07 Å². The Morgan fingerprint density at radius 1 is 1.45 bits per heavy atom. The first-order valence-electron chi connectivity index (χ1n) is 6.19. The van der Waals surface area contributed by atoms with Gasteiger partial charge in [-0.05, 0) is 32.2 Å². The summed E-state index contributed by atoms with van der Waals surface area (Å²) in [7, 11) is 0. The van der Waals surface area contributed by atoms with E-state index in [0.29, 0.717) is 18.3 Å². The zero-order chi connectivity index (χ0) is 14.8. The molecule has 0 aliphatic rings. The van der Waals surface area contributed by atoms with E-state index in [0.717, 1.165) is 4.88 Å². The van der Waals surface area contributed by atoms with Gasteiger partial charge in [0, 0.05) is 5.54 Å². The third-order valence-electron chi connectivity index (χ3n) is 2.80. The lowest BCUT2D eigenvalue weighted by Crippen LogP contribution is -2.43. The molecule has 108 valence electrons. The van der Waals surface area contributed by atoms with Gasteiger partial charge in [0.25, 0.3) is 5.89 Å². The lowest BCUT2D eigenvalue weighted by Gasteiger charge is -2.32. The molecule has 7 heteroatoms. The van der Waals surface area contributed by atoms with E-state index in [1.54, 1.807) is 4.90 Å². The summed E-state index contributed by atoms with van der Waals surface area (Å²) < 4.78 is 5.59. The van der Waals surface area contributed by atoms with Gasteiger partial charge >= 0.3 is 5.97 Å². The highest BCUT2D eigenvalue weighted by molar-refractivity contribution is 7.13. The molecule has 2 rings (SSSR count). The number of carboxylic acids is 1. The molecular weight excluding hydrogens is 278 g/mol. The molecule has 0 aliphatic heterocycles. The molecule has 0 saturated carbocycles. The van der Waals surface area contributed by atoms with Gasteiger partial charge in [0.2, 0.25) is 5.89 Å².